The van der Waals surface area contributed by atoms with Crippen LogP contribution >= 0.6 is 0 Å². The van der Waals surface area contributed by atoms with E-state index in [1.54, 1.807) is 48.5 Å². The smallest absolute Gasteiger partial charge is 0.310 e. The summed E-state index contributed by atoms with van der Waals surface area (Å²) >= 11 is 0. The average molecular weight is 344 g/mol. The number of esters is 1. The molecular weight excluding hydrogens is 323 g/mol. The van der Waals surface area contributed by atoms with Gasteiger partial charge in [-0.05, 0) is 36.2 Å². The SMILES string of the molecule is COC(=O)C(C)CN(CCc1ccc(F)cc1)C(=O)c1ccncc1. The molecule has 1 aromatic carbocycles. The van der Waals surface area contributed by atoms with Crippen LogP contribution in [-0.4, -0.2) is 42.0 Å². The molecule has 0 bridgehead atoms. The lowest BCUT2D eigenvalue weighted by molar-refractivity contribution is -0.145. The maximum absolute atomic E-state index is 13.0. The molecule has 2 rings (SSSR count). The Bertz CT molecular complexity index is 704. The maximum Gasteiger partial charge on any atom is 0.310 e. The summed E-state index contributed by atoms with van der Waals surface area (Å²) in [6, 6.07) is 9.43. The first-order valence-corrected chi connectivity index (χ1v) is 8.03. The van der Waals surface area contributed by atoms with Crippen LogP contribution in [-0.2, 0) is 16.0 Å². The molecule has 0 radical (unpaired) electrons. The Morgan fingerprint density at radius 3 is 2.40 bits per heavy atom. The first-order valence-electron chi connectivity index (χ1n) is 8.03. The molecule has 0 aliphatic rings. The Hall–Kier alpha value is -2.76. The Balaban J connectivity index is 2.11. The Morgan fingerprint density at radius 2 is 1.80 bits per heavy atom. The van der Waals surface area contributed by atoms with E-state index in [4.69, 9.17) is 4.74 Å². The molecule has 1 atom stereocenters. The van der Waals surface area contributed by atoms with Gasteiger partial charge in [-0.2, -0.15) is 0 Å². The Morgan fingerprint density at radius 1 is 1.16 bits per heavy atom. The van der Waals surface area contributed by atoms with E-state index in [1.807, 2.05) is 0 Å². The molecule has 25 heavy (non-hydrogen) atoms. The highest BCUT2D eigenvalue weighted by Crippen LogP contribution is 2.11. The number of carbonyl (C=O) groups excluding carboxylic acids is 2. The van der Waals surface area contributed by atoms with Crippen LogP contribution < -0.4 is 0 Å². The van der Waals surface area contributed by atoms with Crippen molar-refractivity contribution in [3.63, 3.8) is 0 Å². The van der Waals surface area contributed by atoms with Gasteiger partial charge < -0.3 is 9.64 Å². The molecule has 0 aliphatic carbocycles. The van der Waals surface area contributed by atoms with Crippen LogP contribution in [0.25, 0.3) is 0 Å². The zero-order valence-electron chi connectivity index (χ0n) is 14.3. The number of ether oxygens (including phenoxy) is 1. The largest absolute Gasteiger partial charge is 0.469 e. The van der Waals surface area contributed by atoms with Gasteiger partial charge in [0.1, 0.15) is 5.82 Å². The standard InChI is InChI=1S/C19H21FN2O3/c1-14(19(24)25-2)13-22(18(23)16-7-10-21-11-8-16)12-9-15-3-5-17(20)6-4-15/h3-8,10-11,14H,9,12-13H2,1-2H3. The highest BCUT2D eigenvalue weighted by molar-refractivity contribution is 5.94. The summed E-state index contributed by atoms with van der Waals surface area (Å²) in [6.07, 6.45) is 3.66. The highest BCUT2D eigenvalue weighted by atomic mass is 19.1. The number of carbonyl (C=O) groups is 2. The molecule has 1 heterocycles. The van der Waals surface area contributed by atoms with Crippen LogP contribution in [0.2, 0.25) is 0 Å². The van der Waals surface area contributed by atoms with E-state index >= 15 is 0 Å². The van der Waals surface area contributed by atoms with Crippen molar-refractivity contribution in [3.05, 3.63) is 65.7 Å². The van der Waals surface area contributed by atoms with Crippen LogP contribution in [0.4, 0.5) is 4.39 Å². The molecule has 5 nitrogen and oxygen atoms in total. The third-order valence-electron chi connectivity index (χ3n) is 3.90. The quantitative estimate of drug-likeness (QED) is 0.725. The van der Waals surface area contributed by atoms with Crippen LogP contribution in [0.1, 0.15) is 22.8 Å². The fourth-order valence-electron chi connectivity index (χ4n) is 2.47. The van der Waals surface area contributed by atoms with E-state index in [2.05, 4.69) is 4.98 Å². The summed E-state index contributed by atoms with van der Waals surface area (Å²) in [6.45, 7) is 2.37. The van der Waals surface area contributed by atoms with Gasteiger partial charge in [-0.1, -0.05) is 19.1 Å². The minimum atomic E-state index is -0.441. The second-order valence-electron chi connectivity index (χ2n) is 5.79. The predicted octanol–water partition coefficient (Wildman–Crippen LogP) is 2.71. The van der Waals surface area contributed by atoms with Crippen molar-refractivity contribution in [2.45, 2.75) is 13.3 Å². The van der Waals surface area contributed by atoms with Crippen molar-refractivity contribution in [1.29, 1.82) is 0 Å². The van der Waals surface area contributed by atoms with Crippen molar-refractivity contribution in [2.24, 2.45) is 5.92 Å². The number of hydrogen-bond acceptors (Lipinski definition) is 4. The second-order valence-corrected chi connectivity index (χ2v) is 5.79. The molecule has 2 aromatic rings. The van der Waals surface area contributed by atoms with Crippen molar-refractivity contribution in [1.82, 2.24) is 9.88 Å². The third kappa shape index (κ3) is 5.38. The van der Waals surface area contributed by atoms with Gasteiger partial charge in [0, 0.05) is 31.0 Å². The Labute approximate surface area is 146 Å². The normalized spacial score (nSPS) is 11.6. The van der Waals surface area contributed by atoms with Crippen molar-refractivity contribution in [3.8, 4) is 0 Å². The molecule has 132 valence electrons. The summed E-state index contributed by atoms with van der Waals surface area (Å²) in [5.74, 6) is -1.29. The summed E-state index contributed by atoms with van der Waals surface area (Å²) in [4.78, 5) is 30.0. The number of benzene rings is 1. The minimum Gasteiger partial charge on any atom is -0.469 e. The van der Waals surface area contributed by atoms with E-state index in [0.29, 0.717) is 18.5 Å². The molecule has 0 saturated heterocycles. The van der Waals surface area contributed by atoms with Crippen LogP contribution in [0.15, 0.2) is 48.8 Å². The minimum absolute atomic E-state index is 0.180. The van der Waals surface area contributed by atoms with E-state index in [-0.39, 0.29) is 24.2 Å². The van der Waals surface area contributed by atoms with Crippen LogP contribution in [0.3, 0.4) is 0 Å². The molecule has 1 unspecified atom stereocenters. The van der Waals surface area contributed by atoms with Gasteiger partial charge in [0.05, 0.1) is 13.0 Å². The van der Waals surface area contributed by atoms with Crippen molar-refractivity contribution in [2.75, 3.05) is 20.2 Å². The topological polar surface area (TPSA) is 59.5 Å². The number of aromatic nitrogens is 1. The molecule has 0 fully saturated rings. The molecule has 1 amide bonds. The van der Waals surface area contributed by atoms with Gasteiger partial charge >= 0.3 is 5.97 Å². The number of rotatable bonds is 7. The van der Waals surface area contributed by atoms with E-state index < -0.39 is 5.92 Å². The number of halogens is 1. The molecule has 0 aliphatic heterocycles. The lowest BCUT2D eigenvalue weighted by Gasteiger charge is -2.25. The molecule has 6 heteroatoms. The molecule has 1 aromatic heterocycles. The average Bonchev–Trinajstić information content (AvgIpc) is 2.65. The van der Waals surface area contributed by atoms with Gasteiger partial charge in [0.2, 0.25) is 0 Å². The number of methoxy groups -OCH3 is 1. The fraction of sp³-hybridized carbons (Fsp3) is 0.316. The van der Waals surface area contributed by atoms with Gasteiger partial charge in [-0.15, -0.1) is 0 Å². The van der Waals surface area contributed by atoms with E-state index in [1.165, 1.54) is 19.2 Å². The van der Waals surface area contributed by atoms with E-state index in [9.17, 15) is 14.0 Å². The van der Waals surface area contributed by atoms with Crippen molar-refractivity contribution < 1.29 is 18.7 Å². The number of amides is 1. The Kier molecular flexibility index (Phi) is 6.62. The molecular formula is C19H21FN2O3. The molecule has 0 N–H and O–H groups in total. The second kappa shape index (κ2) is 8.92. The zero-order valence-corrected chi connectivity index (χ0v) is 14.3. The molecule has 0 spiro atoms. The number of nitrogens with zero attached hydrogens (tertiary/aromatic N) is 2. The summed E-state index contributed by atoms with van der Waals surface area (Å²) in [7, 11) is 1.33. The van der Waals surface area contributed by atoms with Gasteiger partial charge in [-0.3, -0.25) is 14.6 Å². The number of pyridine rings is 1. The summed E-state index contributed by atoms with van der Waals surface area (Å²) < 4.78 is 17.8. The monoisotopic (exact) mass is 344 g/mol. The van der Waals surface area contributed by atoms with E-state index in [0.717, 1.165) is 5.56 Å². The molecule has 0 saturated carbocycles. The summed E-state index contributed by atoms with van der Waals surface area (Å²) in [5, 5.41) is 0. The highest BCUT2D eigenvalue weighted by Gasteiger charge is 2.22. The first-order chi connectivity index (χ1) is 12.0. The maximum atomic E-state index is 13.0. The first kappa shape index (κ1) is 18.6. The zero-order chi connectivity index (χ0) is 18.2. The number of hydrogen-bond donors (Lipinski definition) is 0. The fourth-order valence-corrected chi connectivity index (χ4v) is 2.47. The van der Waals surface area contributed by atoms with Gasteiger partial charge in [-0.25, -0.2) is 4.39 Å². The van der Waals surface area contributed by atoms with Crippen molar-refractivity contribution >= 4 is 11.9 Å². The van der Waals surface area contributed by atoms with Crippen LogP contribution in [0.5, 0.6) is 0 Å². The third-order valence-corrected chi connectivity index (χ3v) is 3.90. The van der Waals surface area contributed by atoms with Crippen LogP contribution in [0, 0.1) is 11.7 Å². The lowest BCUT2D eigenvalue weighted by Crippen LogP contribution is -2.38. The summed E-state index contributed by atoms with van der Waals surface area (Å²) in [5.41, 5.74) is 1.42. The van der Waals surface area contributed by atoms with Gasteiger partial charge in [0.25, 0.3) is 5.91 Å². The lowest BCUT2D eigenvalue weighted by atomic mass is 10.1. The predicted molar refractivity (Wildman–Crippen MR) is 91.4 cm³/mol. The van der Waals surface area contributed by atoms with Gasteiger partial charge in [0.15, 0.2) is 0 Å².